The number of benzene rings is 1. The first-order valence-electron chi connectivity index (χ1n) is 9.13. The second-order valence-electron chi connectivity index (χ2n) is 6.73. The summed E-state index contributed by atoms with van der Waals surface area (Å²) in [5, 5.41) is 19.9. The Bertz CT molecular complexity index is 1070. The molecule has 0 fully saturated rings. The van der Waals surface area contributed by atoms with Gasteiger partial charge in [-0.15, -0.1) is 0 Å². The monoisotopic (exact) mass is 390 g/mol. The lowest BCUT2D eigenvalue weighted by Crippen LogP contribution is -2.33. The summed E-state index contributed by atoms with van der Waals surface area (Å²) in [5.74, 6) is -0.201. The minimum absolute atomic E-state index is 0.201. The number of nitriles is 1. The maximum Gasteiger partial charge on any atom is 0.414 e. The van der Waals surface area contributed by atoms with Crippen LogP contribution in [-0.2, 0) is 13.1 Å². The SMILES string of the molecule is N#Cc1ccc(-c2cncc(CN3CCOc4nc([N+](=O)[O-])cn4CC3)c2)cc1. The van der Waals surface area contributed by atoms with Crippen molar-refractivity contribution in [2.24, 2.45) is 0 Å². The van der Waals surface area contributed by atoms with Crippen molar-refractivity contribution in [3.63, 3.8) is 0 Å². The molecule has 1 aliphatic rings. The Morgan fingerprint density at radius 1 is 1.17 bits per heavy atom. The van der Waals surface area contributed by atoms with E-state index in [1.165, 1.54) is 6.20 Å². The van der Waals surface area contributed by atoms with Crippen molar-refractivity contribution in [1.29, 1.82) is 5.26 Å². The first-order chi connectivity index (χ1) is 14.1. The molecule has 146 valence electrons. The summed E-state index contributed by atoms with van der Waals surface area (Å²) in [6.07, 6.45) is 5.05. The highest BCUT2D eigenvalue weighted by Gasteiger charge is 2.22. The molecule has 0 bridgehead atoms. The van der Waals surface area contributed by atoms with Gasteiger partial charge in [0.15, 0.2) is 0 Å². The minimum atomic E-state index is -0.515. The van der Waals surface area contributed by atoms with E-state index in [0.29, 0.717) is 44.4 Å². The smallest absolute Gasteiger partial charge is 0.414 e. The molecule has 0 saturated carbocycles. The van der Waals surface area contributed by atoms with Crippen LogP contribution in [0.5, 0.6) is 6.01 Å². The highest BCUT2D eigenvalue weighted by molar-refractivity contribution is 5.63. The van der Waals surface area contributed by atoms with E-state index >= 15 is 0 Å². The molecular formula is C20H18N6O3. The molecule has 0 amide bonds. The number of hydrogen-bond donors (Lipinski definition) is 0. The van der Waals surface area contributed by atoms with Crippen LogP contribution < -0.4 is 4.74 Å². The molecule has 1 aliphatic heterocycles. The van der Waals surface area contributed by atoms with Gasteiger partial charge in [0.2, 0.25) is 0 Å². The fourth-order valence-electron chi connectivity index (χ4n) is 3.26. The average Bonchev–Trinajstić information content (AvgIpc) is 3.13. The molecule has 0 aliphatic carbocycles. The van der Waals surface area contributed by atoms with E-state index < -0.39 is 4.92 Å². The normalized spacial score (nSPS) is 14.2. The van der Waals surface area contributed by atoms with E-state index in [1.54, 1.807) is 22.9 Å². The Morgan fingerprint density at radius 3 is 2.76 bits per heavy atom. The number of nitro groups is 1. The van der Waals surface area contributed by atoms with Crippen LogP contribution in [0, 0.1) is 21.4 Å². The van der Waals surface area contributed by atoms with Crippen LogP contribution in [0.4, 0.5) is 5.82 Å². The maximum absolute atomic E-state index is 10.9. The standard InChI is InChI=1S/C20H18N6O3/c21-10-15-1-3-17(4-2-15)18-9-16(11-22-12-18)13-24-5-6-25-14-19(26(27)28)23-20(25)29-8-7-24/h1-4,9,11-12,14H,5-8,13H2. The molecule has 29 heavy (non-hydrogen) atoms. The van der Waals surface area contributed by atoms with E-state index in [2.05, 4.69) is 27.0 Å². The van der Waals surface area contributed by atoms with Crippen molar-refractivity contribution >= 4 is 5.82 Å². The highest BCUT2D eigenvalue weighted by Crippen LogP contribution is 2.22. The minimum Gasteiger partial charge on any atom is -0.444 e. The quantitative estimate of drug-likeness (QED) is 0.497. The van der Waals surface area contributed by atoms with Gasteiger partial charge >= 0.3 is 11.8 Å². The van der Waals surface area contributed by atoms with Gasteiger partial charge < -0.3 is 14.9 Å². The molecule has 9 heteroatoms. The molecule has 0 atom stereocenters. The van der Waals surface area contributed by atoms with Crippen molar-refractivity contribution < 1.29 is 9.66 Å². The van der Waals surface area contributed by atoms with E-state index in [9.17, 15) is 10.1 Å². The average molecular weight is 390 g/mol. The number of rotatable bonds is 4. The Kier molecular flexibility index (Phi) is 5.18. The van der Waals surface area contributed by atoms with Crippen LogP contribution in [0.25, 0.3) is 11.1 Å². The third-order valence-electron chi connectivity index (χ3n) is 4.76. The summed E-state index contributed by atoms with van der Waals surface area (Å²) in [6.45, 7) is 3.04. The van der Waals surface area contributed by atoms with Crippen molar-refractivity contribution in [2.75, 3.05) is 19.7 Å². The van der Waals surface area contributed by atoms with Gasteiger partial charge in [0.05, 0.1) is 11.6 Å². The largest absolute Gasteiger partial charge is 0.444 e. The summed E-state index contributed by atoms with van der Waals surface area (Å²) in [4.78, 5) is 20.9. The zero-order valence-electron chi connectivity index (χ0n) is 15.6. The molecular weight excluding hydrogens is 372 g/mol. The fraction of sp³-hybridized carbons (Fsp3) is 0.250. The molecule has 0 saturated heterocycles. The number of ether oxygens (including phenoxy) is 1. The highest BCUT2D eigenvalue weighted by atomic mass is 16.6. The van der Waals surface area contributed by atoms with Crippen LogP contribution in [0.15, 0.2) is 48.9 Å². The zero-order valence-corrected chi connectivity index (χ0v) is 15.6. The van der Waals surface area contributed by atoms with E-state index in [0.717, 1.165) is 16.7 Å². The molecule has 0 unspecified atom stereocenters. The van der Waals surface area contributed by atoms with Crippen molar-refractivity contribution in [3.8, 4) is 23.2 Å². The molecule has 9 nitrogen and oxygen atoms in total. The van der Waals surface area contributed by atoms with E-state index in [1.807, 2.05) is 18.3 Å². The lowest BCUT2D eigenvalue weighted by atomic mass is 10.0. The molecule has 2 aromatic heterocycles. The van der Waals surface area contributed by atoms with E-state index in [4.69, 9.17) is 10.00 Å². The maximum atomic E-state index is 10.9. The molecule has 4 rings (SSSR count). The topological polar surface area (TPSA) is 110 Å². The Hall–Kier alpha value is -3.77. The molecule has 3 aromatic rings. The summed E-state index contributed by atoms with van der Waals surface area (Å²) < 4.78 is 7.28. The van der Waals surface area contributed by atoms with Gasteiger partial charge in [0.1, 0.15) is 12.8 Å². The molecule has 3 heterocycles. The number of pyridine rings is 1. The van der Waals surface area contributed by atoms with Crippen molar-refractivity contribution in [3.05, 3.63) is 70.2 Å². The predicted octanol–water partition coefficient (Wildman–Crippen LogP) is 2.62. The first kappa shape index (κ1) is 18.6. The third kappa shape index (κ3) is 4.23. The van der Waals surface area contributed by atoms with Crippen molar-refractivity contribution in [2.45, 2.75) is 13.1 Å². The number of imidazole rings is 1. The number of hydrogen-bond acceptors (Lipinski definition) is 7. The van der Waals surface area contributed by atoms with Gasteiger partial charge in [-0.2, -0.15) is 5.26 Å². The zero-order chi connectivity index (χ0) is 20.2. The summed E-state index contributed by atoms with van der Waals surface area (Å²) in [7, 11) is 0. The number of nitrogens with zero attached hydrogens (tertiary/aromatic N) is 6. The van der Waals surface area contributed by atoms with Crippen LogP contribution in [0.1, 0.15) is 11.1 Å². The summed E-state index contributed by atoms with van der Waals surface area (Å²) in [5.41, 5.74) is 3.68. The molecule has 0 radical (unpaired) electrons. The van der Waals surface area contributed by atoms with Gasteiger partial charge in [-0.1, -0.05) is 12.1 Å². The fourth-order valence-corrected chi connectivity index (χ4v) is 3.26. The Balaban J connectivity index is 1.46. The van der Waals surface area contributed by atoms with Gasteiger partial charge in [0, 0.05) is 49.1 Å². The van der Waals surface area contributed by atoms with E-state index in [-0.39, 0.29) is 5.82 Å². The lowest BCUT2D eigenvalue weighted by Gasteiger charge is -2.24. The Labute approximate surface area is 167 Å². The Morgan fingerprint density at radius 2 is 2.00 bits per heavy atom. The molecule has 1 aromatic carbocycles. The van der Waals surface area contributed by atoms with Gasteiger partial charge in [0.25, 0.3) is 0 Å². The van der Waals surface area contributed by atoms with Crippen LogP contribution in [-0.4, -0.2) is 44.1 Å². The third-order valence-corrected chi connectivity index (χ3v) is 4.76. The number of fused-ring (bicyclic) bond motifs is 1. The van der Waals surface area contributed by atoms with Crippen molar-refractivity contribution in [1.82, 2.24) is 19.4 Å². The van der Waals surface area contributed by atoms with Crippen LogP contribution >= 0.6 is 0 Å². The van der Waals surface area contributed by atoms with Crippen LogP contribution in [0.3, 0.4) is 0 Å². The lowest BCUT2D eigenvalue weighted by molar-refractivity contribution is -0.389. The van der Waals surface area contributed by atoms with Crippen LogP contribution in [0.2, 0.25) is 0 Å². The summed E-state index contributed by atoms with van der Waals surface area (Å²) >= 11 is 0. The number of aromatic nitrogens is 3. The molecule has 0 spiro atoms. The second kappa shape index (κ2) is 8.08. The second-order valence-corrected chi connectivity index (χ2v) is 6.73. The summed E-state index contributed by atoms with van der Waals surface area (Å²) in [6, 6.07) is 11.9. The van der Waals surface area contributed by atoms with Gasteiger partial charge in [-0.05, 0) is 34.2 Å². The predicted molar refractivity (Wildman–Crippen MR) is 104 cm³/mol. The van der Waals surface area contributed by atoms with Gasteiger partial charge in [-0.25, -0.2) is 0 Å². The first-order valence-corrected chi connectivity index (χ1v) is 9.13. The van der Waals surface area contributed by atoms with Gasteiger partial charge in [-0.3, -0.25) is 14.5 Å². The molecule has 0 N–H and O–H groups in total.